The van der Waals surface area contributed by atoms with E-state index in [9.17, 15) is 13.6 Å². The summed E-state index contributed by atoms with van der Waals surface area (Å²) in [5, 5.41) is 0. The topological polar surface area (TPSA) is 48.4 Å². The first-order valence-electron chi connectivity index (χ1n) is 9.71. The highest BCUT2D eigenvalue weighted by molar-refractivity contribution is 5.75. The van der Waals surface area contributed by atoms with Crippen molar-refractivity contribution in [2.24, 2.45) is 11.8 Å². The lowest BCUT2D eigenvalue weighted by Crippen LogP contribution is -2.25. The maximum absolute atomic E-state index is 12.3. The first-order valence-corrected chi connectivity index (χ1v) is 9.71. The Kier molecular flexibility index (Phi) is 8.78. The summed E-state index contributed by atoms with van der Waals surface area (Å²) in [7, 11) is 0. The van der Waals surface area contributed by atoms with Crippen molar-refractivity contribution in [3.63, 3.8) is 0 Å². The van der Waals surface area contributed by atoms with Crippen molar-refractivity contribution in [3.05, 3.63) is 18.3 Å². The fourth-order valence-electron chi connectivity index (χ4n) is 3.51. The van der Waals surface area contributed by atoms with Gasteiger partial charge in [0.05, 0.1) is 12.1 Å². The molecule has 0 bridgehead atoms. The molecule has 26 heavy (non-hydrogen) atoms. The van der Waals surface area contributed by atoms with Crippen LogP contribution in [0.25, 0.3) is 0 Å². The number of ether oxygens (including phenoxy) is 2. The zero-order chi connectivity index (χ0) is 18.8. The minimum absolute atomic E-state index is 0.0802. The number of nitrogens with zero attached hydrogens (tertiary/aromatic N) is 1. The van der Waals surface area contributed by atoms with Crippen LogP contribution in [0.5, 0.6) is 11.6 Å². The van der Waals surface area contributed by atoms with Crippen LogP contribution in [0.3, 0.4) is 0 Å². The van der Waals surface area contributed by atoms with Crippen LogP contribution in [0.2, 0.25) is 0 Å². The first kappa shape index (κ1) is 20.6. The second kappa shape index (κ2) is 11.1. The Labute approximate surface area is 154 Å². The highest BCUT2D eigenvalue weighted by Crippen LogP contribution is 2.33. The van der Waals surface area contributed by atoms with Gasteiger partial charge >= 0.3 is 12.6 Å². The first-order chi connectivity index (χ1) is 12.6. The number of hydrogen-bond acceptors (Lipinski definition) is 4. The number of halogens is 2. The van der Waals surface area contributed by atoms with E-state index < -0.39 is 6.61 Å². The number of unbranched alkanes of at least 4 members (excludes halogenated alkanes) is 4. The van der Waals surface area contributed by atoms with Crippen molar-refractivity contribution in [3.8, 4) is 11.6 Å². The van der Waals surface area contributed by atoms with Crippen LogP contribution in [0.15, 0.2) is 18.3 Å². The molecule has 1 aliphatic carbocycles. The summed E-state index contributed by atoms with van der Waals surface area (Å²) in [6, 6.07) is 2.69. The number of carbonyl (C=O) groups excluding carboxylic acids is 1. The smallest absolute Gasteiger partial charge is 0.388 e. The number of rotatable bonds is 10. The number of carbonyl (C=O) groups is 1. The number of pyridine rings is 1. The summed E-state index contributed by atoms with van der Waals surface area (Å²) in [5.41, 5.74) is 0. The molecule has 0 aliphatic heterocycles. The third-order valence-electron chi connectivity index (χ3n) is 5.03. The zero-order valence-corrected chi connectivity index (χ0v) is 15.5. The molecule has 0 atom stereocenters. The van der Waals surface area contributed by atoms with E-state index in [1.807, 2.05) is 0 Å². The van der Waals surface area contributed by atoms with Gasteiger partial charge in [-0.3, -0.25) is 4.79 Å². The van der Waals surface area contributed by atoms with Gasteiger partial charge in [-0.1, -0.05) is 45.4 Å². The fourth-order valence-corrected chi connectivity index (χ4v) is 3.51. The van der Waals surface area contributed by atoms with Gasteiger partial charge in [0.2, 0.25) is 5.88 Å². The fraction of sp³-hybridized carbons (Fsp3) is 0.700. The SMILES string of the molecule is CCCCCCC[C@H]1CC[C@H](C(=O)Oc2ccc(OC(F)F)nc2)CC1. The van der Waals surface area contributed by atoms with Gasteiger partial charge in [0.25, 0.3) is 0 Å². The average molecular weight is 369 g/mol. The molecule has 1 aromatic heterocycles. The van der Waals surface area contributed by atoms with Crippen molar-refractivity contribution in [2.75, 3.05) is 0 Å². The molecular formula is C20H29F2NO3. The molecule has 2 rings (SSSR count). The molecule has 0 spiro atoms. The van der Waals surface area contributed by atoms with E-state index in [4.69, 9.17) is 4.74 Å². The minimum Gasteiger partial charge on any atom is -0.425 e. The van der Waals surface area contributed by atoms with Gasteiger partial charge in [0.1, 0.15) is 5.75 Å². The Bertz CT molecular complexity index is 528. The molecule has 1 aliphatic rings. The lowest BCUT2D eigenvalue weighted by molar-refractivity contribution is -0.140. The monoisotopic (exact) mass is 369 g/mol. The molecule has 1 fully saturated rings. The van der Waals surface area contributed by atoms with Crippen molar-refractivity contribution < 1.29 is 23.0 Å². The highest BCUT2D eigenvalue weighted by Gasteiger charge is 2.27. The quantitative estimate of drug-likeness (QED) is 0.389. The predicted molar refractivity (Wildman–Crippen MR) is 95.3 cm³/mol. The lowest BCUT2D eigenvalue weighted by Gasteiger charge is -2.27. The zero-order valence-electron chi connectivity index (χ0n) is 15.5. The Balaban J connectivity index is 1.68. The van der Waals surface area contributed by atoms with E-state index in [1.165, 1.54) is 56.9 Å². The Morgan fingerprint density at radius 3 is 2.50 bits per heavy atom. The summed E-state index contributed by atoms with van der Waals surface area (Å²) in [6.07, 6.45) is 12.9. The van der Waals surface area contributed by atoms with Crippen molar-refractivity contribution >= 4 is 5.97 Å². The maximum atomic E-state index is 12.3. The Hall–Kier alpha value is -1.72. The van der Waals surface area contributed by atoms with Gasteiger partial charge in [-0.25, -0.2) is 4.98 Å². The average Bonchev–Trinajstić information content (AvgIpc) is 2.63. The molecule has 1 heterocycles. The van der Waals surface area contributed by atoms with Crippen LogP contribution in [-0.4, -0.2) is 17.6 Å². The van der Waals surface area contributed by atoms with Gasteiger partial charge in [-0.15, -0.1) is 0 Å². The highest BCUT2D eigenvalue weighted by atomic mass is 19.3. The largest absolute Gasteiger partial charge is 0.425 e. The second-order valence-corrected chi connectivity index (χ2v) is 7.05. The standard InChI is InChI=1S/C20H29F2NO3/c1-2-3-4-5-6-7-15-8-10-16(11-9-15)19(24)25-17-12-13-18(23-14-17)26-20(21)22/h12-16,20H,2-11H2,1H3/t15-,16-. The van der Waals surface area contributed by atoms with E-state index in [1.54, 1.807) is 0 Å². The van der Waals surface area contributed by atoms with Gasteiger partial charge in [-0.2, -0.15) is 8.78 Å². The summed E-state index contributed by atoms with van der Waals surface area (Å²) in [4.78, 5) is 16.0. The third kappa shape index (κ3) is 7.26. The number of alkyl halides is 2. The molecule has 0 radical (unpaired) electrons. The van der Waals surface area contributed by atoms with Gasteiger partial charge in [0, 0.05) is 6.07 Å². The van der Waals surface area contributed by atoms with E-state index in [2.05, 4.69) is 16.6 Å². The molecule has 0 amide bonds. The number of hydrogen-bond donors (Lipinski definition) is 0. The molecule has 0 unspecified atom stereocenters. The van der Waals surface area contributed by atoms with Crippen molar-refractivity contribution in [1.82, 2.24) is 4.98 Å². The summed E-state index contributed by atoms with van der Waals surface area (Å²) in [6.45, 7) is -0.695. The molecule has 0 N–H and O–H groups in total. The van der Waals surface area contributed by atoms with Crippen LogP contribution in [-0.2, 0) is 4.79 Å². The number of aromatic nitrogens is 1. The molecule has 146 valence electrons. The van der Waals surface area contributed by atoms with Crippen molar-refractivity contribution in [2.45, 2.75) is 77.7 Å². The molecule has 1 aromatic rings. The molecule has 1 saturated carbocycles. The lowest BCUT2D eigenvalue weighted by atomic mass is 9.80. The molecule has 6 heteroatoms. The van der Waals surface area contributed by atoms with Crippen LogP contribution in [0.1, 0.15) is 71.1 Å². The van der Waals surface area contributed by atoms with Crippen LogP contribution >= 0.6 is 0 Å². The van der Waals surface area contributed by atoms with Crippen LogP contribution < -0.4 is 9.47 Å². The van der Waals surface area contributed by atoms with Gasteiger partial charge in [0.15, 0.2) is 0 Å². The minimum atomic E-state index is -2.92. The molecule has 0 saturated heterocycles. The van der Waals surface area contributed by atoms with E-state index in [-0.39, 0.29) is 23.5 Å². The summed E-state index contributed by atoms with van der Waals surface area (Å²) >= 11 is 0. The summed E-state index contributed by atoms with van der Waals surface area (Å²) < 4.78 is 33.7. The van der Waals surface area contributed by atoms with E-state index >= 15 is 0 Å². The predicted octanol–water partition coefficient (Wildman–Crippen LogP) is 5.76. The van der Waals surface area contributed by atoms with E-state index in [0.717, 1.165) is 31.6 Å². The second-order valence-electron chi connectivity index (χ2n) is 7.05. The summed E-state index contributed by atoms with van der Waals surface area (Å²) in [5.74, 6) is 0.459. The maximum Gasteiger partial charge on any atom is 0.388 e. The third-order valence-corrected chi connectivity index (χ3v) is 5.03. The number of esters is 1. The Morgan fingerprint density at radius 2 is 1.88 bits per heavy atom. The molecule has 0 aromatic carbocycles. The molecular weight excluding hydrogens is 340 g/mol. The van der Waals surface area contributed by atoms with Gasteiger partial charge in [-0.05, 0) is 37.7 Å². The van der Waals surface area contributed by atoms with Crippen molar-refractivity contribution in [1.29, 1.82) is 0 Å². The van der Waals surface area contributed by atoms with Gasteiger partial charge < -0.3 is 9.47 Å². The van der Waals surface area contributed by atoms with Crippen LogP contribution in [0.4, 0.5) is 8.78 Å². The Morgan fingerprint density at radius 1 is 1.15 bits per heavy atom. The van der Waals surface area contributed by atoms with E-state index in [0.29, 0.717) is 0 Å². The normalized spacial score (nSPS) is 20.2. The molecule has 4 nitrogen and oxygen atoms in total. The van der Waals surface area contributed by atoms with Crippen LogP contribution in [0, 0.1) is 11.8 Å².